The molecule has 1 aliphatic heterocycles. The van der Waals surface area contributed by atoms with Crippen molar-refractivity contribution >= 4 is 17.8 Å². The van der Waals surface area contributed by atoms with Gasteiger partial charge in [-0.25, -0.2) is 9.97 Å². The summed E-state index contributed by atoms with van der Waals surface area (Å²) in [5.74, 6) is 1.58. The Hall–Kier alpha value is -2.00. The SMILES string of the molecule is CCC(C)C(CN1CC(C)(C)NC(C)(C)C1=O)Nc1ncnc(NCCCCCCN)n1. The third-order valence-corrected chi connectivity index (χ3v) is 6.11. The van der Waals surface area contributed by atoms with E-state index < -0.39 is 5.54 Å². The van der Waals surface area contributed by atoms with Gasteiger partial charge in [0.15, 0.2) is 0 Å². The van der Waals surface area contributed by atoms with Gasteiger partial charge in [-0.05, 0) is 53.0 Å². The summed E-state index contributed by atoms with van der Waals surface area (Å²) in [6.45, 7) is 15.4. The molecule has 0 bridgehead atoms. The number of nitrogens with zero attached hydrogens (tertiary/aromatic N) is 4. The van der Waals surface area contributed by atoms with Crippen LogP contribution in [0.3, 0.4) is 0 Å². The van der Waals surface area contributed by atoms with Gasteiger partial charge in [-0.1, -0.05) is 33.1 Å². The van der Waals surface area contributed by atoms with Gasteiger partial charge >= 0.3 is 0 Å². The van der Waals surface area contributed by atoms with E-state index in [-0.39, 0.29) is 17.5 Å². The van der Waals surface area contributed by atoms with Crippen LogP contribution in [0.25, 0.3) is 0 Å². The van der Waals surface area contributed by atoms with E-state index in [2.05, 4.69) is 58.6 Å². The first-order chi connectivity index (χ1) is 15.1. The molecule has 0 spiro atoms. The summed E-state index contributed by atoms with van der Waals surface area (Å²) in [7, 11) is 0. The highest BCUT2D eigenvalue weighted by molar-refractivity contribution is 5.86. The monoisotopic (exact) mass is 448 g/mol. The van der Waals surface area contributed by atoms with Crippen LogP contribution in [0.15, 0.2) is 6.33 Å². The number of unbranched alkanes of at least 4 members (excludes halogenated alkanes) is 3. The molecule has 1 aliphatic rings. The topological polar surface area (TPSA) is 121 Å². The molecule has 2 unspecified atom stereocenters. The molecule has 0 saturated carbocycles. The van der Waals surface area contributed by atoms with Gasteiger partial charge in [0, 0.05) is 31.2 Å². The zero-order chi connectivity index (χ0) is 23.8. The quantitative estimate of drug-likeness (QED) is 0.340. The van der Waals surface area contributed by atoms with Crippen LogP contribution < -0.4 is 21.7 Å². The Labute approximate surface area is 193 Å². The lowest BCUT2D eigenvalue weighted by molar-refractivity contribution is -0.143. The van der Waals surface area contributed by atoms with E-state index in [9.17, 15) is 4.79 Å². The summed E-state index contributed by atoms with van der Waals surface area (Å²) in [6, 6.07) is 0.0418. The van der Waals surface area contributed by atoms with Crippen molar-refractivity contribution in [3.63, 3.8) is 0 Å². The Morgan fingerprint density at radius 2 is 1.84 bits per heavy atom. The third kappa shape index (κ3) is 7.85. The third-order valence-electron chi connectivity index (χ3n) is 6.11. The molecule has 1 aromatic heterocycles. The molecule has 0 aliphatic carbocycles. The molecule has 2 atom stereocenters. The lowest BCUT2D eigenvalue weighted by Gasteiger charge is -2.48. The lowest BCUT2D eigenvalue weighted by atomic mass is 9.89. The second-order valence-corrected chi connectivity index (χ2v) is 10.2. The Bertz CT molecular complexity index is 724. The van der Waals surface area contributed by atoms with E-state index in [4.69, 9.17) is 5.73 Å². The number of carbonyl (C=O) groups is 1. The second-order valence-electron chi connectivity index (χ2n) is 10.2. The molecule has 2 heterocycles. The maximum atomic E-state index is 13.1. The van der Waals surface area contributed by atoms with Gasteiger partial charge in [0.25, 0.3) is 0 Å². The zero-order valence-electron chi connectivity index (χ0n) is 20.9. The van der Waals surface area contributed by atoms with E-state index in [1.807, 2.05) is 18.7 Å². The molecule has 9 heteroatoms. The van der Waals surface area contributed by atoms with E-state index >= 15 is 0 Å². The smallest absolute Gasteiger partial charge is 0.242 e. The van der Waals surface area contributed by atoms with Crippen LogP contribution in [0.1, 0.15) is 73.6 Å². The lowest BCUT2D eigenvalue weighted by Crippen LogP contribution is -2.70. The molecule has 1 aromatic rings. The van der Waals surface area contributed by atoms with Crippen molar-refractivity contribution in [1.82, 2.24) is 25.2 Å². The summed E-state index contributed by atoms with van der Waals surface area (Å²) in [5.41, 5.74) is 4.81. The average Bonchev–Trinajstić information content (AvgIpc) is 2.72. The number of amides is 1. The van der Waals surface area contributed by atoms with Crippen molar-refractivity contribution in [2.45, 2.75) is 90.8 Å². The van der Waals surface area contributed by atoms with Gasteiger partial charge in [-0.15, -0.1) is 0 Å². The standard InChI is InChI=1S/C23H44N8O/c1-7-17(2)18(14-31-15-22(3,4)30-23(5,6)19(31)32)28-21-27-16-26-20(29-21)25-13-11-9-8-10-12-24/h16-18,30H,7-15,24H2,1-6H3,(H2,25,26,27,28,29). The van der Waals surface area contributed by atoms with Crippen LogP contribution in [0, 0.1) is 5.92 Å². The number of carbonyl (C=O) groups excluding carboxylic acids is 1. The van der Waals surface area contributed by atoms with Gasteiger partial charge in [-0.3, -0.25) is 10.1 Å². The first kappa shape index (κ1) is 26.3. The predicted octanol–water partition coefficient (Wildman–Crippen LogP) is 2.62. The van der Waals surface area contributed by atoms with Gasteiger partial charge in [0.05, 0.1) is 5.54 Å². The van der Waals surface area contributed by atoms with E-state index in [1.165, 1.54) is 6.33 Å². The van der Waals surface area contributed by atoms with Crippen molar-refractivity contribution in [2.75, 3.05) is 36.8 Å². The Kier molecular flexibility index (Phi) is 9.64. The summed E-state index contributed by atoms with van der Waals surface area (Å²) in [6.07, 6.45) is 6.94. The first-order valence-corrected chi connectivity index (χ1v) is 12.1. The number of piperazine rings is 1. The van der Waals surface area contributed by atoms with E-state index in [0.717, 1.165) is 45.2 Å². The van der Waals surface area contributed by atoms with Crippen LogP contribution in [0.4, 0.5) is 11.9 Å². The molecule has 5 N–H and O–H groups in total. The molecule has 32 heavy (non-hydrogen) atoms. The molecule has 182 valence electrons. The maximum absolute atomic E-state index is 13.1. The molecule has 2 rings (SSSR count). The van der Waals surface area contributed by atoms with Crippen molar-refractivity contribution in [3.8, 4) is 0 Å². The molecule has 1 amide bonds. The fourth-order valence-electron chi connectivity index (χ4n) is 4.36. The highest BCUT2D eigenvalue weighted by Crippen LogP contribution is 2.24. The molecule has 1 fully saturated rings. The summed E-state index contributed by atoms with van der Waals surface area (Å²) in [5, 5.41) is 10.2. The highest BCUT2D eigenvalue weighted by atomic mass is 16.2. The number of nitrogens with one attached hydrogen (secondary N) is 3. The predicted molar refractivity (Wildman–Crippen MR) is 131 cm³/mol. The average molecular weight is 449 g/mol. The Balaban J connectivity index is 2.02. The molecular formula is C23H44N8O. The Morgan fingerprint density at radius 3 is 2.53 bits per heavy atom. The minimum atomic E-state index is -0.587. The number of anilines is 2. The van der Waals surface area contributed by atoms with Crippen LogP contribution in [0.5, 0.6) is 0 Å². The fraction of sp³-hybridized carbons (Fsp3) is 0.826. The van der Waals surface area contributed by atoms with Crippen LogP contribution in [-0.2, 0) is 4.79 Å². The molecule has 0 aromatic carbocycles. The van der Waals surface area contributed by atoms with Gasteiger partial charge in [0.1, 0.15) is 6.33 Å². The van der Waals surface area contributed by atoms with Crippen molar-refractivity contribution < 1.29 is 4.79 Å². The van der Waals surface area contributed by atoms with E-state index in [0.29, 0.717) is 30.9 Å². The first-order valence-electron chi connectivity index (χ1n) is 12.1. The van der Waals surface area contributed by atoms with Crippen LogP contribution in [0.2, 0.25) is 0 Å². The number of nitrogens with two attached hydrogens (primary N) is 1. The van der Waals surface area contributed by atoms with E-state index in [1.54, 1.807) is 0 Å². The van der Waals surface area contributed by atoms with Crippen LogP contribution in [-0.4, -0.2) is 69.1 Å². The highest BCUT2D eigenvalue weighted by Gasteiger charge is 2.44. The molecule has 0 radical (unpaired) electrons. The minimum Gasteiger partial charge on any atom is -0.354 e. The number of rotatable bonds is 13. The van der Waals surface area contributed by atoms with Gasteiger partial charge < -0.3 is 21.3 Å². The summed E-state index contributed by atoms with van der Waals surface area (Å²) >= 11 is 0. The number of hydrogen-bond donors (Lipinski definition) is 4. The summed E-state index contributed by atoms with van der Waals surface area (Å²) in [4.78, 5) is 28.2. The van der Waals surface area contributed by atoms with Gasteiger partial charge in [-0.2, -0.15) is 4.98 Å². The largest absolute Gasteiger partial charge is 0.354 e. The summed E-state index contributed by atoms with van der Waals surface area (Å²) < 4.78 is 0. The molecular weight excluding hydrogens is 404 g/mol. The van der Waals surface area contributed by atoms with Gasteiger partial charge in [0.2, 0.25) is 17.8 Å². The second kappa shape index (κ2) is 11.7. The number of hydrogen-bond acceptors (Lipinski definition) is 8. The zero-order valence-corrected chi connectivity index (χ0v) is 20.9. The minimum absolute atomic E-state index is 0.0418. The molecule has 1 saturated heterocycles. The number of aromatic nitrogens is 3. The van der Waals surface area contributed by atoms with Crippen LogP contribution >= 0.6 is 0 Å². The van der Waals surface area contributed by atoms with Crippen molar-refractivity contribution in [2.24, 2.45) is 11.7 Å². The molecule has 9 nitrogen and oxygen atoms in total. The Morgan fingerprint density at radius 1 is 1.16 bits per heavy atom. The maximum Gasteiger partial charge on any atom is 0.242 e. The normalized spacial score (nSPS) is 19.5. The van der Waals surface area contributed by atoms with Crippen molar-refractivity contribution in [3.05, 3.63) is 6.33 Å². The van der Waals surface area contributed by atoms with Crippen molar-refractivity contribution in [1.29, 1.82) is 0 Å². The fourth-order valence-corrected chi connectivity index (χ4v) is 4.36.